The Hall–Kier alpha value is -2.06. The van der Waals surface area contributed by atoms with E-state index >= 15 is 0 Å². The minimum atomic E-state index is -3.15. The molecule has 0 aliphatic heterocycles. The van der Waals surface area contributed by atoms with E-state index in [2.05, 4.69) is 33.1 Å². The van der Waals surface area contributed by atoms with Gasteiger partial charge in [0.2, 0.25) is 10.0 Å². The summed E-state index contributed by atoms with van der Waals surface area (Å²) in [5.41, 5.74) is 4.52. The largest absolute Gasteiger partial charge is 0.329 e. The molecule has 25 heavy (non-hydrogen) atoms. The van der Waals surface area contributed by atoms with Crippen LogP contribution in [0.4, 0.5) is 0 Å². The highest BCUT2D eigenvalue weighted by molar-refractivity contribution is 7.89. The molecule has 0 unspecified atom stereocenters. The standard InChI is InChI=1S/C17H23N5O2S/c1-12(2)14-16-17(15-13(21-14)7-6-8-19-15)22(11-20-16)9-4-5-10-25(23,24)18-3/h6-8,11-12,18H,4-5,9-10H2,1-3H3. The molecule has 3 rings (SSSR count). The Balaban J connectivity index is 1.94. The molecule has 0 saturated heterocycles. The van der Waals surface area contributed by atoms with Crippen molar-refractivity contribution >= 4 is 32.1 Å². The van der Waals surface area contributed by atoms with E-state index in [1.165, 1.54) is 7.05 Å². The third-order valence-corrected chi connectivity index (χ3v) is 5.70. The van der Waals surface area contributed by atoms with Crippen LogP contribution in [0.2, 0.25) is 0 Å². The average molecular weight is 361 g/mol. The van der Waals surface area contributed by atoms with Gasteiger partial charge in [0.1, 0.15) is 11.0 Å². The van der Waals surface area contributed by atoms with E-state index in [4.69, 9.17) is 4.98 Å². The van der Waals surface area contributed by atoms with Gasteiger partial charge in [0.05, 0.1) is 28.8 Å². The number of rotatable bonds is 7. The van der Waals surface area contributed by atoms with E-state index in [9.17, 15) is 8.42 Å². The van der Waals surface area contributed by atoms with Gasteiger partial charge >= 0.3 is 0 Å². The highest BCUT2D eigenvalue weighted by atomic mass is 32.2. The molecule has 7 nitrogen and oxygen atoms in total. The molecule has 0 spiro atoms. The molecule has 0 amide bonds. The Labute approximate surface area is 147 Å². The number of pyridine rings is 2. The zero-order chi connectivity index (χ0) is 18.0. The molecule has 0 aliphatic carbocycles. The predicted molar refractivity (Wildman–Crippen MR) is 99.0 cm³/mol. The number of nitrogens with one attached hydrogen (secondary N) is 1. The summed E-state index contributed by atoms with van der Waals surface area (Å²) in [7, 11) is -1.71. The van der Waals surface area contributed by atoms with Crippen molar-refractivity contribution in [3.8, 4) is 0 Å². The van der Waals surface area contributed by atoms with E-state index in [0.29, 0.717) is 13.0 Å². The summed E-state index contributed by atoms with van der Waals surface area (Å²) in [6.07, 6.45) is 4.91. The van der Waals surface area contributed by atoms with Gasteiger partial charge in [-0.2, -0.15) is 0 Å². The number of fused-ring (bicyclic) bond motifs is 3. The predicted octanol–water partition coefficient (Wildman–Crippen LogP) is 2.43. The highest BCUT2D eigenvalue weighted by Gasteiger charge is 2.16. The number of nitrogens with zero attached hydrogens (tertiary/aromatic N) is 4. The van der Waals surface area contributed by atoms with Gasteiger partial charge in [-0.15, -0.1) is 0 Å². The van der Waals surface area contributed by atoms with Crippen molar-refractivity contribution in [3.05, 3.63) is 30.4 Å². The van der Waals surface area contributed by atoms with Crippen LogP contribution in [0, 0.1) is 0 Å². The van der Waals surface area contributed by atoms with E-state index in [1.807, 2.05) is 12.1 Å². The lowest BCUT2D eigenvalue weighted by Gasteiger charge is -2.10. The molecule has 8 heteroatoms. The Morgan fingerprint density at radius 2 is 2.00 bits per heavy atom. The van der Waals surface area contributed by atoms with E-state index < -0.39 is 10.0 Å². The monoisotopic (exact) mass is 361 g/mol. The van der Waals surface area contributed by atoms with E-state index in [0.717, 1.165) is 34.2 Å². The first kappa shape index (κ1) is 17.8. The van der Waals surface area contributed by atoms with Gasteiger partial charge in [0, 0.05) is 12.7 Å². The fourth-order valence-corrected chi connectivity index (χ4v) is 3.71. The maximum atomic E-state index is 11.5. The summed E-state index contributed by atoms with van der Waals surface area (Å²) < 4.78 is 27.4. The average Bonchev–Trinajstić information content (AvgIpc) is 3.02. The fraction of sp³-hybridized carbons (Fsp3) is 0.471. The maximum Gasteiger partial charge on any atom is 0.211 e. The SMILES string of the molecule is CNS(=O)(=O)CCCCn1cnc2c(C(C)C)nc3cccnc3c21. The third kappa shape index (κ3) is 3.64. The van der Waals surface area contributed by atoms with E-state index in [1.54, 1.807) is 12.5 Å². The molecule has 1 N–H and O–H groups in total. The number of aromatic nitrogens is 4. The van der Waals surface area contributed by atoms with Crippen LogP contribution in [0.15, 0.2) is 24.7 Å². The molecule has 3 heterocycles. The summed E-state index contributed by atoms with van der Waals surface area (Å²) in [5, 5.41) is 0. The number of imidazole rings is 1. The number of unbranched alkanes of at least 4 members (excludes halogenated alkanes) is 1. The van der Waals surface area contributed by atoms with Gasteiger partial charge in [-0.25, -0.2) is 23.1 Å². The first-order valence-corrected chi connectivity index (χ1v) is 10.1. The van der Waals surface area contributed by atoms with Gasteiger partial charge in [0.15, 0.2) is 0 Å². The quantitative estimate of drug-likeness (QED) is 0.653. The minimum absolute atomic E-state index is 0.133. The summed E-state index contributed by atoms with van der Waals surface area (Å²) >= 11 is 0. The molecule has 134 valence electrons. The molecule has 0 atom stereocenters. The second-order valence-corrected chi connectivity index (χ2v) is 8.43. The highest BCUT2D eigenvalue weighted by Crippen LogP contribution is 2.28. The third-order valence-electron chi connectivity index (χ3n) is 4.25. The number of hydrogen-bond acceptors (Lipinski definition) is 5. The number of hydrogen-bond donors (Lipinski definition) is 1. The number of aryl methyl sites for hydroxylation is 1. The van der Waals surface area contributed by atoms with Gasteiger partial charge < -0.3 is 4.57 Å². The lowest BCUT2D eigenvalue weighted by molar-refractivity contribution is 0.578. The zero-order valence-corrected chi connectivity index (χ0v) is 15.5. The molecule has 3 aromatic rings. The van der Waals surface area contributed by atoms with Crippen molar-refractivity contribution in [1.29, 1.82) is 0 Å². The van der Waals surface area contributed by atoms with Crippen molar-refractivity contribution < 1.29 is 8.42 Å². The van der Waals surface area contributed by atoms with Crippen LogP contribution in [0.25, 0.3) is 22.1 Å². The molecular weight excluding hydrogens is 338 g/mol. The van der Waals surface area contributed by atoms with Crippen LogP contribution >= 0.6 is 0 Å². The second-order valence-electron chi connectivity index (χ2n) is 6.39. The van der Waals surface area contributed by atoms with E-state index in [-0.39, 0.29) is 11.7 Å². The van der Waals surface area contributed by atoms with Crippen molar-refractivity contribution in [1.82, 2.24) is 24.2 Å². The zero-order valence-electron chi connectivity index (χ0n) is 14.7. The molecule has 0 radical (unpaired) electrons. The lowest BCUT2D eigenvalue weighted by atomic mass is 10.1. The van der Waals surface area contributed by atoms with Crippen molar-refractivity contribution in [2.45, 2.75) is 39.2 Å². The van der Waals surface area contributed by atoms with Crippen LogP contribution in [0.3, 0.4) is 0 Å². The Kier molecular flexibility index (Phi) is 5.01. The fourth-order valence-electron chi connectivity index (χ4n) is 2.92. The van der Waals surface area contributed by atoms with Crippen LogP contribution in [0.5, 0.6) is 0 Å². The van der Waals surface area contributed by atoms with Crippen LogP contribution in [-0.4, -0.2) is 40.7 Å². The molecule has 3 aromatic heterocycles. The van der Waals surface area contributed by atoms with Gasteiger partial charge in [-0.1, -0.05) is 13.8 Å². The smallest absolute Gasteiger partial charge is 0.211 e. The summed E-state index contributed by atoms with van der Waals surface area (Å²) in [6.45, 7) is 4.90. The topological polar surface area (TPSA) is 89.8 Å². The lowest BCUT2D eigenvalue weighted by Crippen LogP contribution is -2.22. The normalized spacial score (nSPS) is 12.5. The van der Waals surface area contributed by atoms with Gasteiger partial charge in [0.25, 0.3) is 0 Å². The first-order chi connectivity index (χ1) is 11.9. The molecule has 0 fully saturated rings. The number of sulfonamides is 1. The summed E-state index contributed by atoms with van der Waals surface area (Å²) in [4.78, 5) is 13.8. The molecule has 0 aliphatic rings. The second kappa shape index (κ2) is 7.05. The van der Waals surface area contributed by atoms with Crippen molar-refractivity contribution in [2.24, 2.45) is 0 Å². The Bertz CT molecular complexity index is 995. The Morgan fingerprint density at radius 3 is 2.72 bits per heavy atom. The van der Waals surface area contributed by atoms with Crippen molar-refractivity contribution in [3.63, 3.8) is 0 Å². The minimum Gasteiger partial charge on any atom is -0.329 e. The van der Waals surface area contributed by atoms with Crippen LogP contribution < -0.4 is 4.72 Å². The molecular formula is C17H23N5O2S. The van der Waals surface area contributed by atoms with Crippen molar-refractivity contribution in [2.75, 3.05) is 12.8 Å². The molecule has 0 aromatic carbocycles. The summed E-state index contributed by atoms with van der Waals surface area (Å²) in [5.74, 6) is 0.393. The molecule has 0 bridgehead atoms. The summed E-state index contributed by atoms with van der Waals surface area (Å²) in [6, 6.07) is 3.85. The maximum absolute atomic E-state index is 11.5. The molecule has 0 saturated carbocycles. The van der Waals surface area contributed by atoms with Gasteiger partial charge in [-0.05, 0) is 37.9 Å². The Morgan fingerprint density at radius 1 is 1.20 bits per heavy atom. The van der Waals surface area contributed by atoms with Crippen LogP contribution in [0.1, 0.15) is 38.3 Å². The van der Waals surface area contributed by atoms with Crippen LogP contribution in [-0.2, 0) is 16.6 Å². The first-order valence-electron chi connectivity index (χ1n) is 8.43. The van der Waals surface area contributed by atoms with Gasteiger partial charge in [-0.3, -0.25) is 4.98 Å².